The molecule has 3 N–H and O–H groups in total. The number of rotatable bonds is 1. The lowest BCUT2D eigenvalue weighted by Gasteiger charge is -2.33. The third-order valence-corrected chi connectivity index (χ3v) is 4.82. The van der Waals surface area contributed by atoms with Gasteiger partial charge in [-0.2, -0.15) is 0 Å². The van der Waals surface area contributed by atoms with Crippen LogP contribution in [0.5, 0.6) is 11.5 Å². The van der Waals surface area contributed by atoms with Gasteiger partial charge in [-0.15, -0.1) is 0 Å². The van der Waals surface area contributed by atoms with Crippen molar-refractivity contribution in [2.45, 2.75) is 39.6 Å². The second-order valence-corrected chi connectivity index (χ2v) is 6.24. The molecule has 0 fully saturated rings. The SMILES string of the molecule is Cc1c(C)c2c(c(C)c1O)CC(C)C(SC(N)=O)O2. The Morgan fingerprint density at radius 1 is 1.32 bits per heavy atom. The number of hydrogen-bond donors (Lipinski definition) is 2. The highest BCUT2D eigenvalue weighted by atomic mass is 32.2. The zero-order valence-electron chi connectivity index (χ0n) is 11.6. The van der Waals surface area contributed by atoms with E-state index in [-0.39, 0.29) is 11.4 Å². The molecule has 2 atom stereocenters. The van der Waals surface area contributed by atoms with E-state index < -0.39 is 5.24 Å². The fraction of sp³-hybridized carbons (Fsp3) is 0.500. The summed E-state index contributed by atoms with van der Waals surface area (Å²) in [6.45, 7) is 7.72. The first-order chi connectivity index (χ1) is 8.82. The van der Waals surface area contributed by atoms with E-state index in [4.69, 9.17) is 10.5 Å². The zero-order chi connectivity index (χ0) is 14.3. The fourth-order valence-corrected chi connectivity index (χ4v) is 3.18. The quantitative estimate of drug-likeness (QED) is 0.830. The Morgan fingerprint density at radius 3 is 2.53 bits per heavy atom. The van der Waals surface area contributed by atoms with Gasteiger partial charge in [0.25, 0.3) is 5.24 Å². The summed E-state index contributed by atoms with van der Waals surface area (Å²) in [4.78, 5) is 11.1. The van der Waals surface area contributed by atoms with Crippen LogP contribution in [0.25, 0.3) is 0 Å². The molecule has 1 aliphatic heterocycles. The lowest BCUT2D eigenvalue weighted by molar-refractivity contribution is 0.198. The van der Waals surface area contributed by atoms with Crippen molar-refractivity contribution in [1.82, 2.24) is 0 Å². The molecule has 104 valence electrons. The van der Waals surface area contributed by atoms with Crippen LogP contribution in [-0.4, -0.2) is 15.8 Å². The van der Waals surface area contributed by atoms with Crippen molar-refractivity contribution in [3.05, 3.63) is 22.3 Å². The predicted octanol–water partition coefficient (Wildman–Crippen LogP) is 3.03. The third kappa shape index (κ3) is 2.39. The number of benzene rings is 1. The summed E-state index contributed by atoms with van der Waals surface area (Å²) in [5.74, 6) is 1.31. The van der Waals surface area contributed by atoms with Gasteiger partial charge in [-0.1, -0.05) is 6.92 Å². The Hall–Kier alpha value is -1.36. The summed E-state index contributed by atoms with van der Waals surface area (Å²) in [5.41, 5.74) is 8.64. The van der Waals surface area contributed by atoms with Crippen molar-refractivity contribution < 1.29 is 14.6 Å². The maximum absolute atomic E-state index is 11.1. The van der Waals surface area contributed by atoms with Crippen LogP contribution < -0.4 is 10.5 Å². The standard InChI is InChI=1S/C14H19NO3S/c1-6-5-10-9(4)11(16)7(2)8(3)12(10)18-13(6)19-14(15)17/h6,13,16H,5H2,1-4H3,(H2,15,17). The number of thioether (sulfide) groups is 1. The Bertz CT molecular complexity index is 542. The van der Waals surface area contributed by atoms with Gasteiger partial charge in [-0.05, 0) is 55.6 Å². The number of hydrogen-bond acceptors (Lipinski definition) is 4. The Kier molecular flexibility index (Phi) is 3.67. The van der Waals surface area contributed by atoms with Crippen molar-refractivity contribution in [3.63, 3.8) is 0 Å². The molecule has 1 heterocycles. The highest BCUT2D eigenvalue weighted by Crippen LogP contribution is 2.43. The lowest BCUT2D eigenvalue weighted by atomic mass is 9.89. The molecule has 0 aromatic heterocycles. The van der Waals surface area contributed by atoms with Crippen LogP contribution >= 0.6 is 11.8 Å². The van der Waals surface area contributed by atoms with E-state index in [1.54, 1.807) is 0 Å². The number of phenolic OH excluding ortho intramolecular Hbond substituents is 1. The number of phenols is 1. The summed E-state index contributed by atoms with van der Waals surface area (Å²) in [7, 11) is 0. The Balaban J connectivity index is 2.47. The van der Waals surface area contributed by atoms with Crippen molar-refractivity contribution in [1.29, 1.82) is 0 Å². The minimum atomic E-state index is -0.426. The molecule has 1 aliphatic rings. The van der Waals surface area contributed by atoms with Gasteiger partial charge in [-0.25, -0.2) is 0 Å². The first-order valence-electron chi connectivity index (χ1n) is 6.27. The highest BCUT2D eigenvalue weighted by Gasteiger charge is 2.32. The summed E-state index contributed by atoms with van der Waals surface area (Å²) in [5, 5.41) is 9.68. The number of carbonyl (C=O) groups excluding carboxylic acids is 1. The number of aromatic hydroxyl groups is 1. The molecule has 0 saturated heterocycles. The Labute approximate surface area is 117 Å². The molecule has 1 aromatic carbocycles. The van der Waals surface area contributed by atoms with Crippen LogP contribution in [0.15, 0.2) is 0 Å². The van der Waals surface area contributed by atoms with E-state index in [1.165, 1.54) is 0 Å². The zero-order valence-corrected chi connectivity index (χ0v) is 12.4. The maximum atomic E-state index is 11.1. The van der Waals surface area contributed by atoms with Crippen LogP contribution in [0, 0.1) is 26.7 Å². The minimum Gasteiger partial charge on any atom is -0.507 e. The van der Waals surface area contributed by atoms with Gasteiger partial charge in [0, 0.05) is 11.5 Å². The molecular weight excluding hydrogens is 262 g/mol. The van der Waals surface area contributed by atoms with Gasteiger partial charge >= 0.3 is 0 Å². The largest absolute Gasteiger partial charge is 0.507 e. The summed E-state index contributed by atoms with van der Waals surface area (Å²) < 4.78 is 5.95. The number of amides is 1. The van der Waals surface area contributed by atoms with E-state index in [2.05, 4.69) is 0 Å². The van der Waals surface area contributed by atoms with Gasteiger partial charge < -0.3 is 15.6 Å². The van der Waals surface area contributed by atoms with E-state index in [0.29, 0.717) is 5.75 Å². The third-order valence-electron chi connectivity index (χ3n) is 3.80. The molecule has 0 bridgehead atoms. The highest BCUT2D eigenvalue weighted by molar-refractivity contribution is 8.13. The normalized spacial score (nSPS) is 21.7. The summed E-state index contributed by atoms with van der Waals surface area (Å²) >= 11 is 1.03. The van der Waals surface area contributed by atoms with Crippen molar-refractivity contribution in [2.24, 2.45) is 11.7 Å². The summed E-state index contributed by atoms with van der Waals surface area (Å²) in [6, 6.07) is 0. The van der Waals surface area contributed by atoms with Crippen LogP contribution in [0.2, 0.25) is 0 Å². The number of fused-ring (bicyclic) bond motifs is 1. The van der Waals surface area contributed by atoms with E-state index >= 15 is 0 Å². The number of carbonyl (C=O) groups is 1. The molecule has 1 aromatic rings. The first-order valence-corrected chi connectivity index (χ1v) is 7.15. The van der Waals surface area contributed by atoms with Crippen LogP contribution in [0.4, 0.5) is 4.79 Å². The molecule has 4 nitrogen and oxygen atoms in total. The molecule has 5 heteroatoms. The second kappa shape index (κ2) is 4.96. The van der Waals surface area contributed by atoms with Crippen molar-refractivity contribution in [3.8, 4) is 11.5 Å². The van der Waals surface area contributed by atoms with Crippen molar-refractivity contribution >= 4 is 17.0 Å². The van der Waals surface area contributed by atoms with Gasteiger partial charge in [-0.3, -0.25) is 4.79 Å². The molecule has 1 amide bonds. The number of primary amides is 1. The van der Waals surface area contributed by atoms with Crippen molar-refractivity contribution in [2.75, 3.05) is 0 Å². The number of ether oxygens (including phenoxy) is 1. The molecule has 0 saturated carbocycles. The smallest absolute Gasteiger partial charge is 0.280 e. The minimum absolute atomic E-state index is 0.171. The molecule has 19 heavy (non-hydrogen) atoms. The van der Waals surface area contributed by atoms with Gasteiger partial charge in [0.1, 0.15) is 11.5 Å². The second-order valence-electron chi connectivity index (χ2n) is 5.14. The molecule has 0 spiro atoms. The van der Waals surface area contributed by atoms with E-state index in [0.717, 1.165) is 46.2 Å². The topological polar surface area (TPSA) is 72.5 Å². The first kappa shape index (κ1) is 14.1. The Morgan fingerprint density at radius 2 is 1.95 bits per heavy atom. The van der Waals surface area contributed by atoms with Gasteiger partial charge in [0.2, 0.25) is 0 Å². The van der Waals surface area contributed by atoms with Gasteiger partial charge in [0.15, 0.2) is 5.44 Å². The molecule has 0 aliphatic carbocycles. The molecule has 2 unspecified atom stereocenters. The monoisotopic (exact) mass is 281 g/mol. The maximum Gasteiger partial charge on any atom is 0.280 e. The summed E-state index contributed by atoms with van der Waals surface area (Å²) in [6.07, 6.45) is 0.779. The molecular formula is C14H19NO3S. The fourth-order valence-electron chi connectivity index (χ4n) is 2.48. The van der Waals surface area contributed by atoms with Crippen LogP contribution in [0.3, 0.4) is 0 Å². The molecule has 0 radical (unpaired) electrons. The van der Waals surface area contributed by atoms with E-state index in [9.17, 15) is 9.90 Å². The molecule has 2 rings (SSSR count). The average molecular weight is 281 g/mol. The van der Waals surface area contributed by atoms with E-state index in [1.807, 2.05) is 27.7 Å². The average Bonchev–Trinajstić information content (AvgIpc) is 2.35. The predicted molar refractivity (Wildman–Crippen MR) is 76.8 cm³/mol. The van der Waals surface area contributed by atoms with Crippen LogP contribution in [0.1, 0.15) is 29.2 Å². The number of nitrogens with two attached hydrogens (primary N) is 1. The van der Waals surface area contributed by atoms with Crippen LogP contribution in [-0.2, 0) is 6.42 Å². The lowest BCUT2D eigenvalue weighted by Crippen LogP contribution is -2.31. The van der Waals surface area contributed by atoms with Gasteiger partial charge in [0.05, 0.1) is 0 Å².